The molecular weight excluding hydrogens is 330 g/mol. The van der Waals surface area contributed by atoms with Gasteiger partial charge in [0.1, 0.15) is 10.7 Å². The molecule has 1 heterocycles. The van der Waals surface area contributed by atoms with Crippen LogP contribution in [0, 0.1) is 0 Å². The zero-order valence-corrected chi connectivity index (χ0v) is 13.9. The van der Waals surface area contributed by atoms with Crippen LogP contribution >= 0.6 is 15.9 Å². The van der Waals surface area contributed by atoms with E-state index in [0.29, 0.717) is 23.4 Å². The summed E-state index contributed by atoms with van der Waals surface area (Å²) in [4.78, 5) is 4.37. The number of hydrogen-bond donors (Lipinski definition) is 1. The number of aromatic nitrogens is 1. The summed E-state index contributed by atoms with van der Waals surface area (Å²) in [6, 6.07) is 1.59. The number of sulfonamides is 1. The summed E-state index contributed by atoms with van der Waals surface area (Å²) in [5.74, 6) is 0.410. The molecule has 0 amide bonds. The van der Waals surface area contributed by atoms with Crippen LogP contribution in [0.15, 0.2) is 21.6 Å². The topological polar surface area (TPSA) is 62.3 Å². The van der Waals surface area contributed by atoms with E-state index in [1.165, 1.54) is 4.31 Å². The highest BCUT2D eigenvalue weighted by Gasteiger charge is 2.24. The maximum Gasteiger partial charge on any atom is 0.246 e. The summed E-state index contributed by atoms with van der Waals surface area (Å²) in [7, 11) is -1.92. The van der Waals surface area contributed by atoms with Gasteiger partial charge in [0.05, 0.1) is 0 Å². The highest BCUT2D eigenvalue weighted by Crippen LogP contribution is 2.25. The quantitative estimate of drug-likeness (QED) is 0.821. The molecule has 0 aliphatic heterocycles. The summed E-state index contributed by atoms with van der Waals surface area (Å²) < 4.78 is 27.0. The van der Waals surface area contributed by atoms with Gasteiger partial charge in [0, 0.05) is 30.8 Å². The van der Waals surface area contributed by atoms with Crippen LogP contribution in [0.1, 0.15) is 26.7 Å². The molecule has 0 aliphatic rings. The van der Waals surface area contributed by atoms with E-state index in [-0.39, 0.29) is 4.90 Å². The molecule has 0 unspecified atom stereocenters. The van der Waals surface area contributed by atoms with Crippen LogP contribution in [0.5, 0.6) is 0 Å². The van der Waals surface area contributed by atoms with E-state index in [1.807, 2.05) is 13.8 Å². The Balaban J connectivity index is 3.19. The minimum atomic E-state index is -3.51. The van der Waals surface area contributed by atoms with E-state index >= 15 is 0 Å². The van der Waals surface area contributed by atoms with Gasteiger partial charge in [-0.2, -0.15) is 0 Å². The van der Waals surface area contributed by atoms with Crippen molar-refractivity contribution in [3.05, 3.63) is 16.7 Å². The second kappa shape index (κ2) is 7.21. The molecule has 0 bridgehead atoms. The van der Waals surface area contributed by atoms with Crippen LogP contribution in [0.2, 0.25) is 0 Å². The van der Waals surface area contributed by atoms with Crippen molar-refractivity contribution in [2.24, 2.45) is 0 Å². The van der Waals surface area contributed by atoms with Crippen molar-refractivity contribution in [1.82, 2.24) is 9.29 Å². The van der Waals surface area contributed by atoms with Crippen LogP contribution in [0.3, 0.4) is 0 Å². The average molecular weight is 350 g/mol. The molecule has 19 heavy (non-hydrogen) atoms. The fourth-order valence-corrected chi connectivity index (χ4v) is 3.48. The van der Waals surface area contributed by atoms with Gasteiger partial charge in [0.25, 0.3) is 0 Å². The second-order valence-electron chi connectivity index (χ2n) is 4.25. The molecule has 5 nitrogen and oxygen atoms in total. The van der Waals surface area contributed by atoms with Crippen molar-refractivity contribution in [3.8, 4) is 0 Å². The molecule has 0 atom stereocenters. The van der Waals surface area contributed by atoms with Crippen molar-refractivity contribution in [1.29, 1.82) is 0 Å². The van der Waals surface area contributed by atoms with Crippen molar-refractivity contribution in [2.45, 2.75) is 31.6 Å². The lowest BCUT2D eigenvalue weighted by atomic mass is 10.4. The first-order chi connectivity index (χ1) is 8.93. The van der Waals surface area contributed by atoms with Gasteiger partial charge in [-0.1, -0.05) is 13.8 Å². The van der Waals surface area contributed by atoms with Crippen LogP contribution < -0.4 is 5.32 Å². The number of anilines is 1. The molecule has 1 aromatic heterocycles. The summed E-state index contributed by atoms with van der Waals surface area (Å²) in [6.07, 6.45) is 3.27. The van der Waals surface area contributed by atoms with Crippen LogP contribution in [0.4, 0.5) is 5.82 Å². The Kier molecular flexibility index (Phi) is 6.22. The Bertz CT molecular complexity index is 520. The molecule has 0 saturated carbocycles. The molecule has 0 saturated heterocycles. The molecule has 0 spiro atoms. The summed E-state index contributed by atoms with van der Waals surface area (Å²) >= 11 is 3.27. The fraction of sp³-hybridized carbons (Fsp3) is 0.583. The highest BCUT2D eigenvalue weighted by atomic mass is 79.9. The highest BCUT2D eigenvalue weighted by molar-refractivity contribution is 9.10. The minimum Gasteiger partial charge on any atom is -0.369 e. The normalized spacial score (nSPS) is 11.8. The molecule has 1 aromatic rings. The maximum atomic E-state index is 12.5. The zero-order valence-electron chi connectivity index (χ0n) is 11.5. The van der Waals surface area contributed by atoms with E-state index in [9.17, 15) is 8.42 Å². The lowest BCUT2D eigenvalue weighted by molar-refractivity contribution is 0.468. The van der Waals surface area contributed by atoms with Crippen molar-refractivity contribution in [2.75, 3.05) is 25.5 Å². The molecular formula is C12H20BrN3O2S. The summed E-state index contributed by atoms with van der Waals surface area (Å²) in [5.41, 5.74) is 0. The lowest BCUT2D eigenvalue weighted by Gasteiger charge is -2.18. The Labute approximate surface area is 123 Å². The molecule has 108 valence electrons. The van der Waals surface area contributed by atoms with E-state index in [2.05, 4.69) is 26.2 Å². The molecule has 1 N–H and O–H groups in total. The first-order valence-corrected chi connectivity index (χ1v) is 8.52. The van der Waals surface area contributed by atoms with Crippen molar-refractivity contribution < 1.29 is 8.42 Å². The van der Waals surface area contributed by atoms with Crippen LogP contribution in [-0.4, -0.2) is 37.8 Å². The summed E-state index contributed by atoms with van der Waals surface area (Å²) in [5, 5.41) is 3.06. The predicted molar refractivity (Wildman–Crippen MR) is 80.8 cm³/mol. The molecule has 0 radical (unpaired) electrons. The van der Waals surface area contributed by atoms with E-state index in [0.717, 1.165) is 12.8 Å². The Morgan fingerprint density at radius 3 is 2.63 bits per heavy atom. The molecule has 0 fully saturated rings. The standard InChI is InChI=1S/C12H20BrN3O2S/c1-4-6-14-12-11(8-10(13)9-15-12)19(17,18)16(3)7-5-2/h8-9H,4-7H2,1-3H3,(H,14,15). The maximum absolute atomic E-state index is 12.5. The van der Waals surface area contributed by atoms with E-state index in [4.69, 9.17) is 0 Å². The first kappa shape index (κ1) is 16.4. The molecule has 0 aliphatic carbocycles. The second-order valence-corrected chi connectivity index (χ2v) is 7.18. The van der Waals surface area contributed by atoms with Gasteiger partial charge in [0.15, 0.2) is 0 Å². The van der Waals surface area contributed by atoms with Gasteiger partial charge < -0.3 is 5.32 Å². The third kappa shape index (κ3) is 4.15. The average Bonchev–Trinajstić information content (AvgIpc) is 2.37. The van der Waals surface area contributed by atoms with Crippen LogP contribution in [0.25, 0.3) is 0 Å². The van der Waals surface area contributed by atoms with Crippen LogP contribution in [-0.2, 0) is 10.0 Å². The summed E-state index contributed by atoms with van der Waals surface area (Å²) in [6.45, 7) is 5.14. The number of halogens is 1. The Morgan fingerprint density at radius 1 is 1.37 bits per heavy atom. The zero-order chi connectivity index (χ0) is 14.5. The SMILES string of the molecule is CCCNc1ncc(Br)cc1S(=O)(=O)N(C)CCC. The van der Waals surface area contributed by atoms with Gasteiger partial charge in [-0.25, -0.2) is 17.7 Å². The van der Waals surface area contributed by atoms with E-state index in [1.54, 1.807) is 19.3 Å². The van der Waals surface area contributed by atoms with E-state index < -0.39 is 10.0 Å². The fourth-order valence-electron chi connectivity index (χ4n) is 1.60. The monoisotopic (exact) mass is 349 g/mol. The number of nitrogens with one attached hydrogen (secondary N) is 1. The first-order valence-electron chi connectivity index (χ1n) is 6.29. The third-order valence-corrected chi connectivity index (χ3v) is 4.89. The van der Waals surface area contributed by atoms with Gasteiger partial charge in [-0.15, -0.1) is 0 Å². The molecule has 1 rings (SSSR count). The van der Waals surface area contributed by atoms with Gasteiger partial charge >= 0.3 is 0 Å². The smallest absolute Gasteiger partial charge is 0.246 e. The predicted octanol–water partition coefficient (Wildman–Crippen LogP) is 2.70. The molecule has 0 aromatic carbocycles. The lowest BCUT2D eigenvalue weighted by Crippen LogP contribution is -2.28. The van der Waals surface area contributed by atoms with Gasteiger partial charge in [0.2, 0.25) is 10.0 Å². The number of pyridine rings is 1. The number of hydrogen-bond acceptors (Lipinski definition) is 4. The van der Waals surface area contributed by atoms with Crippen molar-refractivity contribution in [3.63, 3.8) is 0 Å². The Hall–Kier alpha value is -0.660. The minimum absolute atomic E-state index is 0.214. The largest absolute Gasteiger partial charge is 0.369 e. The van der Waals surface area contributed by atoms with Gasteiger partial charge in [-0.05, 0) is 34.8 Å². The third-order valence-electron chi connectivity index (χ3n) is 2.59. The number of nitrogens with zero attached hydrogens (tertiary/aromatic N) is 2. The number of rotatable bonds is 7. The van der Waals surface area contributed by atoms with Gasteiger partial charge in [-0.3, -0.25) is 0 Å². The van der Waals surface area contributed by atoms with Crippen molar-refractivity contribution >= 4 is 31.8 Å². The molecule has 7 heteroatoms. The Morgan fingerprint density at radius 2 is 2.05 bits per heavy atom.